The molecule has 0 aromatic heterocycles. The first-order valence-electron chi connectivity index (χ1n) is 6.56. The van der Waals surface area contributed by atoms with Gasteiger partial charge in [-0.25, -0.2) is 0 Å². The van der Waals surface area contributed by atoms with Gasteiger partial charge in [0.05, 0.1) is 16.7 Å². The van der Waals surface area contributed by atoms with Crippen LogP contribution in [0, 0.1) is 0 Å². The summed E-state index contributed by atoms with van der Waals surface area (Å²) in [5.74, 6) is 0.941. The number of rotatable bonds is 3. The smallest absolute Gasteiger partial charge is 0.120 e. The molecule has 20 heavy (non-hydrogen) atoms. The minimum absolute atomic E-state index is 0.107. The van der Waals surface area contributed by atoms with Crippen LogP contribution < -0.4 is 10.5 Å². The Balaban J connectivity index is 1.74. The lowest BCUT2D eigenvalue weighted by atomic mass is 10.00. The summed E-state index contributed by atoms with van der Waals surface area (Å²) in [7, 11) is 0. The van der Waals surface area contributed by atoms with E-state index in [2.05, 4.69) is 12.1 Å². The van der Waals surface area contributed by atoms with Crippen LogP contribution in [-0.4, -0.2) is 12.6 Å². The van der Waals surface area contributed by atoms with Crippen LogP contribution in [0.1, 0.15) is 17.0 Å². The molecule has 2 aromatic carbocycles. The van der Waals surface area contributed by atoms with Crippen molar-refractivity contribution in [3.05, 3.63) is 63.6 Å². The maximum Gasteiger partial charge on any atom is 0.120 e. The fraction of sp³-hybridized carbons (Fsp3) is 0.250. The van der Waals surface area contributed by atoms with Crippen LogP contribution in [0.3, 0.4) is 0 Å². The molecule has 0 saturated carbocycles. The molecular weight excluding hydrogens is 293 g/mol. The van der Waals surface area contributed by atoms with Crippen LogP contribution in [0.5, 0.6) is 5.75 Å². The maximum atomic E-state index is 6.22. The van der Waals surface area contributed by atoms with Gasteiger partial charge in [-0.3, -0.25) is 0 Å². The summed E-state index contributed by atoms with van der Waals surface area (Å²) in [5, 5.41) is 1.03. The van der Waals surface area contributed by atoms with E-state index in [1.807, 2.05) is 18.2 Å². The molecule has 0 spiro atoms. The molecule has 1 aliphatic rings. The second-order valence-electron chi connectivity index (χ2n) is 5.06. The molecule has 0 heterocycles. The third-order valence-corrected chi connectivity index (χ3v) is 4.49. The lowest BCUT2D eigenvalue weighted by Crippen LogP contribution is -2.28. The zero-order valence-electron chi connectivity index (χ0n) is 10.9. The van der Waals surface area contributed by atoms with Crippen molar-refractivity contribution in [2.24, 2.45) is 5.73 Å². The predicted octanol–water partition coefficient (Wildman–Crippen LogP) is 4.04. The van der Waals surface area contributed by atoms with Crippen molar-refractivity contribution in [1.29, 1.82) is 0 Å². The highest BCUT2D eigenvalue weighted by molar-refractivity contribution is 6.42. The summed E-state index contributed by atoms with van der Waals surface area (Å²) in [5.41, 5.74) is 8.83. The summed E-state index contributed by atoms with van der Waals surface area (Å²) in [6.45, 7) is 0.552. The van der Waals surface area contributed by atoms with Crippen molar-refractivity contribution >= 4 is 23.2 Å². The second-order valence-corrected chi connectivity index (χ2v) is 5.87. The fourth-order valence-corrected chi connectivity index (χ4v) is 2.96. The first kappa shape index (κ1) is 13.7. The molecule has 2 N–H and O–H groups in total. The van der Waals surface area contributed by atoms with E-state index in [-0.39, 0.29) is 12.0 Å². The molecule has 2 unspecified atom stereocenters. The van der Waals surface area contributed by atoms with E-state index in [0.29, 0.717) is 16.7 Å². The highest BCUT2D eigenvalue weighted by atomic mass is 35.5. The molecule has 2 nitrogen and oxygen atoms in total. The van der Waals surface area contributed by atoms with Gasteiger partial charge in [-0.05, 0) is 29.7 Å². The van der Waals surface area contributed by atoms with E-state index in [9.17, 15) is 0 Å². The van der Waals surface area contributed by atoms with Crippen molar-refractivity contribution in [2.45, 2.75) is 18.4 Å². The van der Waals surface area contributed by atoms with Crippen molar-refractivity contribution in [2.75, 3.05) is 6.61 Å². The number of nitrogens with two attached hydrogens (primary N) is 1. The Morgan fingerprint density at radius 2 is 1.90 bits per heavy atom. The molecule has 2 aromatic rings. The maximum absolute atomic E-state index is 6.22. The van der Waals surface area contributed by atoms with Gasteiger partial charge in [-0.2, -0.15) is 0 Å². The highest BCUT2D eigenvalue weighted by Gasteiger charge is 2.29. The Morgan fingerprint density at radius 3 is 2.70 bits per heavy atom. The van der Waals surface area contributed by atoms with Crippen LogP contribution in [0.4, 0.5) is 0 Å². The Hall–Kier alpha value is -1.22. The molecule has 0 aliphatic heterocycles. The first-order valence-corrected chi connectivity index (χ1v) is 7.32. The molecule has 2 atom stereocenters. The van der Waals surface area contributed by atoms with Crippen molar-refractivity contribution in [3.8, 4) is 5.75 Å². The lowest BCUT2D eigenvalue weighted by Gasteiger charge is -2.17. The number of hydrogen-bond donors (Lipinski definition) is 1. The Morgan fingerprint density at radius 1 is 1.10 bits per heavy atom. The summed E-state index contributed by atoms with van der Waals surface area (Å²) in [6, 6.07) is 13.8. The van der Waals surface area contributed by atoms with E-state index in [1.54, 1.807) is 12.1 Å². The van der Waals surface area contributed by atoms with Gasteiger partial charge in [-0.15, -0.1) is 0 Å². The first-order chi connectivity index (χ1) is 9.65. The van der Waals surface area contributed by atoms with Crippen LogP contribution in [0.2, 0.25) is 10.0 Å². The van der Waals surface area contributed by atoms with Gasteiger partial charge < -0.3 is 10.5 Å². The molecule has 4 heteroatoms. The van der Waals surface area contributed by atoms with Crippen LogP contribution in [-0.2, 0) is 6.42 Å². The highest BCUT2D eigenvalue weighted by Crippen LogP contribution is 2.33. The fourth-order valence-electron chi connectivity index (χ4n) is 2.67. The van der Waals surface area contributed by atoms with E-state index in [1.165, 1.54) is 11.1 Å². The van der Waals surface area contributed by atoms with Gasteiger partial charge in [0, 0.05) is 18.0 Å². The molecule has 0 bridgehead atoms. The van der Waals surface area contributed by atoms with E-state index < -0.39 is 0 Å². The van der Waals surface area contributed by atoms with Gasteiger partial charge in [0.15, 0.2) is 0 Å². The topological polar surface area (TPSA) is 35.2 Å². The van der Waals surface area contributed by atoms with Gasteiger partial charge >= 0.3 is 0 Å². The normalized spacial score (nSPS) is 20.8. The SMILES string of the molecule is NC1Cc2ccccc2C1COc1ccc(Cl)c(Cl)c1. The third kappa shape index (κ3) is 2.64. The summed E-state index contributed by atoms with van der Waals surface area (Å²) >= 11 is 11.9. The summed E-state index contributed by atoms with van der Waals surface area (Å²) < 4.78 is 5.83. The summed E-state index contributed by atoms with van der Waals surface area (Å²) in [6.07, 6.45) is 0.908. The van der Waals surface area contributed by atoms with Crippen molar-refractivity contribution < 1.29 is 4.74 Å². The third-order valence-electron chi connectivity index (χ3n) is 3.75. The molecule has 0 fully saturated rings. The Bertz CT molecular complexity index is 630. The standard InChI is InChI=1S/C16H15Cl2NO/c17-14-6-5-11(8-15(14)18)20-9-13-12-4-2-1-3-10(12)7-16(13)19/h1-6,8,13,16H,7,9,19H2. The Kier molecular flexibility index (Phi) is 3.88. The van der Waals surface area contributed by atoms with Crippen LogP contribution in [0.25, 0.3) is 0 Å². The lowest BCUT2D eigenvalue weighted by molar-refractivity contribution is 0.277. The zero-order valence-corrected chi connectivity index (χ0v) is 12.4. The van der Waals surface area contributed by atoms with Gasteiger partial charge in [-0.1, -0.05) is 47.5 Å². The van der Waals surface area contributed by atoms with Crippen molar-refractivity contribution in [3.63, 3.8) is 0 Å². The zero-order chi connectivity index (χ0) is 14.1. The van der Waals surface area contributed by atoms with Crippen molar-refractivity contribution in [1.82, 2.24) is 0 Å². The molecule has 1 aliphatic carbocycles. The number of benzene rings is 2. The van der Waals surface area contributed by atoms with E-state index >= 15 is 0 Å². The number of ether oxygens (including phenoxy) is 1. The molecular formula is C16H15Cl2NO. The molecule has 0 amide bonds. The molecule has 104 valence electrons. The number of hydrogen-bond acceptors (Lipinski definition) is 2. The molecule has 3 rings (SSSR count). The molecule has 0 saturated heterocycles. The molecule has 0 radical (unpaired) electrons. The minimum Gasteiger partial charge on any atom is -0.493 e. The number of halogens is 2. The second kappa shape index (κ2) is 5.65. The van der Waals surface area contributed by atoms with E-state index in [0.717, 1.165) is 12.2 Å². The average Bonchev–Trinajstić information content (AvgIpc) is 2.76. The average molecular weight is 308 g/mol. The van der Waals surface area contributed by atoms with Crippen LogP contribution >= 0.6 is 23.2 Å². The number of fused-ring (bicyclic) bond motifs is 1. The monoisotopic (exact) mass is 307 g/mol. The van der Waals surface area contributed by atoms with Gasteiger partial charge in [0.2, 0.25) is 0 Å². The van der Waals surface area contributed by atoms with Gasteiger partial charge in [0.1, 0.15) is 5.75 Å². The van der Waals surface area contributed by atoms with Gasteiger partial charge in [0.25, 0.3) is 0 Å². The summed E-state index contributed by atoms with van der Waals surface area (Å²) in [4.78, 5) is 0. The predicted molar refractivity (Wildman–Crippen MR) is 82.8 cm³/mol. The van der Waals surface area contributed by atoms with E-state index in [4.69, 9.17) is 33.7 Å². The Labute approximate surface area is 128 Å². The largest absolute Gasteiger partial charge is 0.493 e. The minimum atomic E-state index is 0.107. The quantitative estimate of drug-likeness (QED) is 0.929. The van der Waals surface area contributed by atoms with Crippen LogP contribution in [0.15, 0.2) is 42.5 Å².